The molecule has 0 spiro atoms. The second-order valence-corrected chi connectivity index (χ2v) is 3.06. The average molecular weight is 345 g/mol. The first-order valence-corrected chi connectivity index (χ1v) is 4.49. The monoisotopic (exact) mass is 344 g/mol. The molecule has 0 saturated carbocycles. The van der Waals surface area contributed by atoms with Gasteiger partial charge in [0.15, 0.2) is 0 Å². The molecule has 0 heterocycles. The fourth-order valence-corrected chi connectivity index (χ4v) is 0.516. The van der Waals surface area contributed by atoms with E-state index in [-0.39, 0.29) is 46.1 Å². The van der Waals surface area contributed by atoms with Crippen molar-refractivity contribution in [3.63, 3.8) is 0 Å². The van der Waals surface area contributed by atoms with E-state index >= 15 is 0 Å². The Morgan fingerprint density at radius 2 is 0.591 bits per heavy atom. The molecule has 0 amide bonds. The van der Waals surface area contributed by atoms with Gasteiger partial charge in [0.05, 0.1) is 23.9 Å². The fraction of sp³-hybridized carbons (Fsp3) is 0.500. The molecule has 0 rings (SSSR count). The van der Waals surface area contributed by atoms with Crippen LogP contribution < -0.4 is 20.4 Å². The van der Waals surface area contributed by atoms with Crippen LogP contribution in [-0.4, -0.2) is 115 Å². The molecule has 12 nitrogen and oxygen atoms in total. The molecule has 22 heavy (non-hydrogen) atoms. The second-order valence-electron chi connectivity index (χ2n) is 3.06. The SMILES string of the molecule is O=C([O-])C(O)C(O)C(=O)[O-].O=C([O-])C(O)C(O)C(=O)[O-].[Mg+2].[Mg+2]. The van der Waals surface area contributed by atoms with Crippen LogP contribution in [0.3, 0.4) is 0 Å². The summed E-state index contributed by atoms with van der Waals surface area (Å²) in [5, 5.41) is 71.5. The largest absolute Gasteiger partial charge is 2.00 e. The minimum atomic E-state index is -2.44. The summed E-state index contributed by atoms with van der Waals surface area (Å²) in [7, 11) is 0. The maximum Gasteiger partial charge on any atom is 2.00 e. The molecule has 0 aromatic rings. The second kappa shape index (κ2) is 13.9. The van der Waals surface area contributed by atoms with E-state index in [2.05, 4.69) is 0 Å². The number of carboxylic acid groups (broad SMARTS) is 4. The van der Waals surface area contributed by atoms with Gasteiger partial charge in [0, 0.05) is 0 Å². The zero-order valence-electron chi connectivity index (χ0n) is 10.8. The number of aliphatic hydroxyl groups excluding tert-OH is 4. The zero-order chi connectivity index (χ0) is 16.6. The minimum Gasteiger partial charge on any atom is -0.547 e. The van der Waals surface area contributed by atoms with Crippen LogP contribution in [0.5, 0.6) is 0 Å². The molecule has 0 aromatic carbocycles. The standard InChI is InChI=1S/2C4H6O6.2Mg/c2*5-1(3(7)8)2(6)4(9)10;;/h2*1-2,5-6H,(H,7,8)(H,9,10);;/q;;2*+2/p-4. The van der Waals surface area contributed by atoms with Crippen molar-refractivity contribution < 1.29 is 60.0 Å². The summed E-state index contributed by atoms with van der Waals surface area (Å²) in [6.07, 6.45) is -9.76. The van der Waals surface area contributed by atoms with E-state index in [1.807, 2.05) is 0 Å². The van der Waals surface area contributed by atoms with E-state index < -0.39 is 48.3 Å². The van der Waals surface area contributed by atoms with Gasteiger partial charge in [-0.1, -0.05) is 0 Å². The molecule has 14 heteroatoms. The van der Waals surface area contributed by atoms with Crippen molar-refractivity contribution in [1.82, 2.24) is 0 Å². The van der Waals surface area contributed by atoms with E-state index in [1.54, 1.807) is 0 Å². The predicted octanol–water partition coefficient (Wildman–Crippen LogP) is -10.3. The number of rotatable bonds is 6. The fourth-order valence-electron chi connectivity index (χ4n) is 0.516. The van der Waals surface area contributed by atoms with E-state index in [4.69, 9.17) is 20.4 Å². The maximum atomic E-state index is 9.63. The number of aliphatic carboxylic acids is 4. The number of hydrogen-bond donors (Lipinski definition) is 4. The summed E-state index contributed by atoms with van der Waals surface area (Å²) in [4.78, 5) is 38.5. The summed E-state index contributed by atoms with van der Waals surface area (Å²) in [5.74, 6) is -8.23. The molecule has 4 unspecified atom stereocenters. The molecule has 4 N–H and O–H groups in total. The van der Waals surface area contributed by atoms with Crippen molar-refractivity contribution in [3.8, 4) is 0 Å². The molecule has 4 atom stereocenters. The van der Waals surface area contributed by atoms with Gasteiger partial charge in [0.1, 0.15) is 24.4 Å². The predicted molar refractivity (Wildman–Crippen MR) is 55.6 cm³/mol. The third-order valence-electron chi connectivity index (χ3n) is 1.56. The number of hydrogen-bond acceptors (Lipinski definition) is 12. The van der Waals surface area contributed by atoms with Crippen LogP contribution in [-0.2, 0) is 19.2 Å². The van der Waals surface area contributed by atoms with E-state index in [0.29, 0.717) is 0 Å². The molecule has 0 radical (unpaired) electrons. The Labute approximate surface area is 154 Å². The van der Waals surface area contributed by atoms with Crippen LogP contribution in [0.1, 0.15) is 0 Å². The smallest absolute Gasteiger partial charge is 0.547 e. The summed E-state index contributed by atoms with van der Waals surface area (Å²) in [6, 6.07) is 0. The third kappa shape index (κ3) is 11.9. The first-order chi connectivity index (χ1) is 8.93. The zero-order valence-corrected chi connectivity index (χ0v) is 13.6. The van der Waals surface area contributed by atoms with Gasteiger partial charge in [-0.25, -0.2) is 0 Å². The average Bonchev–Trinajstić information content (AvgIpc) is 2.35. The van der Waals surface area contributed by atoms with Crippen molar-refractivity contribution in [1.29, 1.82) is 0 Å². The van der Waals surface area contributed by atoms with E-state index in [9.17, 15) is 39.6 Å². The Balaban J connectivity index is -0.000000135. The Hall–Kier alpha value is -0.748. The molecule has 0 saturated heterocycles. The van der Waals surface area contributed by atoms with Gasteiger partial charge < -0.3 is 60.0 Å². The van der Waals surface area contributed by atoms with Crippen molar-refractivity contribution in [2.24, 2.45) is 0 Å². The minimum absolute atomic E-state index is 0. The molecule has 116 valence electrons. The Bertz CT molecular complexity index is 313. The number of carbonyl (C=O) groups excluding carboxylic acids is 4. The molecular weight excluding hydrogens is 337 g/mol. The molecule has 0 bridgehead atoms. The van der Waals surface area contributed by atoms with Crippen molar-refractivity contribution >= 4 is 70.0 Å². The van der Waals surface area contributed by atoms with Crippen LogP contribution in [0.25, 0.3) is 0 Å². The van der Waals surface area contributed by atoms with Crippen LogP contribution in [0, 0.1) is 0 Å². The molecular formula is C8H8Mg2O12. The van der Waals surface area contributed by atoms with Crippen LogP contribution in [0.2, 0.25) is 0 Å². The topological polar surface area (TPSA) is 241 Å². The van der Waals surface area contributed by atoms with Crippen molar-refractivity contribution in [2.75, 3.05) is 0 Å². The van der Waals surface area contributed by atoms with Gasteiger partial charge in [-0.05, 0) is 0 Å². The van der Waals surface area contributed by atoms with Gasteiger partial charge in [-0.15, -0.1) is 0 Å². The molecule has 0 aliphatic carbocycles. The van der Waals surface area contributed by atoms with Gasteiger partial charge in [0.2, 0.25) is 0 Å². The van der Waals surface area contributed by atoms with Crippen LogP contribution >= 0.6 is 0 Å². The quantitative estimate of drug-likeness (QED) is 0.328. The van der Waals surface area contributed by atoms with Gasteiger partial charge in [0.25, 0.3) is 0 Å². The summed E-state index contributed by atoms with van der Waals surface area (Å²) >= 11 is 0. The summed E-state index contributed by atoms with van der Waals surface area (Å²) < 4.78 is 0. The molecule has 0 fully saturated rings. The van der Waals surface area contributed by atoms with Gasteiger partial charge in [-0.3, -0.25) is 0 Å². The molecule has 0 aliphatic rings. The van der Waals surface area contributed by atoms with E-state index in [1.165, 1.54) is 0 Å². The van der Waals surface area contributed by atoms with Gasteiger partial charge >= 0.3 is 46.1 Å². The van der Waals surface area contributed by atoms with Crippen molar-refractivity contribution in [2.45, 2.75) is 24.4 Å². The van der Waals surface area contributed by atoms with Crippen LogP contribution in [0.4, 0.5) is 0 Å². The Morgan fingerprint density at radius 3 is 0.636 bits per heavy atom. The normalized spacial score (nSPS) is 14.4. The van der Waals surface area contributed by atoms with Gasteiger partial charge in [-0.2, -0.15) is 0 Å². The van der Waals surface area contributed by atoms with Crippen molar-refractivity contribution in [3.05, 3.63) is 0 Å². The number of carbonyl (C=O) groups is 4. The summed E-state index contributed by atoms with van der Waals surface area (Å²) in [5.41, 5.74) is 0. The molecule has 0 aliphatic heterocycles. The first-order valence-electron chi connectivity index (χ1n) is 4.49. The number of carboxylic acids is 4. The Morgan fingerprint density at radius 1 is 0.500 bits per heavy atom. The van der Waals surface area contributed by atoms with Crippen LogP contribution in [0.15, 0.2) is 0 Å². The molecule has 0 aromatic heterocycles. The summed E-state index contributed by atoms with van der Waals surface area (Å²) in [6.45, 7) is 0. The third-order valence-corrected chi connectivity index (χ3v) is 1.56. The maximum absolute atomic E-state index is 9.63. The number of aliphatic hydroxyl groups is 4. The first kappa shape index (κ1) is 29.3. The Kier molecular flexibility index (Phi) is 18.5. The van der Waals surface area contributed by atoms with E-state index in [0.717, 1.165) is 0 Å².